The molecule has 0 aliphatic heterocycles. The molecule has 2 atom stereocenters. The lowest BCUT2D eigenvalue weighted by Gasteiger charge is -2.30. The van der Waals surface area contributed by atoms with Crippen LogP contribution in [0.1, 0.15) is 38.3 Å². The monoisotopic (exact) mass is 448 g/mol. The molecule has 2 amide bonds. The number of halogens is 2. The van der Waals surface area contributed by atoms with Crippen molar-refractivity contribution in [3.63, 3.8) is 0 Å². The van der Waals surface area contributed by atoms with Crippen LogP contribution in [0.15, 0.2) is 53.0 Å². The first-order chi connectivity index (χ1) is 13.3. The Kier molecular flexibility index (Phi) is 8.18. The molecule has 0 spiro atoms. The zero-order valence-corrected chi connectivity index (χ0v) is 18.0. The SMILES string of the molecule is CC[C@H](C)NC(=O)[C@H](C)N(Cc1ccc(Br)cc1)C(=O)Cc1ccccc1F. The molecule has 0 aromatic heterocycles. The second kappa shape index (κ2) is 10.4. The number of rotatable bonds is 8. The number of amides is 2. The van der Waals surface area contributed by atoms with Gasteiger partial charge in [-0.25, -0.2) is 4.39 Å². The van der Waals surface area contributed by atoms with E-state index in [0.717, 1.165) is 16.5 Å². The van der Waals surface area contributed by atoms with Crippen LogP contribution in [-0.2, 0) is 22.6 Å². The van der Waals surface area contributed by atoms with Crippen LogP contribution < -0.4 is 5.32 Å². The summed E-state index contributed by atoms with van der Waals surface area (Å²) in [7, 11) is 0. The van der Waals surface area contributed by atoms with Gasteiger partial charge < -0.3 is 10.2 Å². The molecule has 0 heterocycles. The molecule has 0 saturated heterocycles. The minimum absolute atomic E-state index is 0.0196. The van der Waals surface area contributed by atoms with Crippen LogP contribution in [0.3, 0.4) is 0 Å². The van der Waals surface area contributed by atoms with Gasteiger partial charge in [0, 0.05) is 17.1 Å². The summed E-state index contributed by atoms with van der Waals surface area (Å²) in [6, 6.07) is 13.1. The van der Waals surface area contributed by atoms with Gasteiger partial charge in [0.05, 0.1) is 6.42 Å². The number of hydrogen-bond acceptors (Lipinski definition) is 2. The summed E-state index contributed by atoms with van der Waals surface area (Å²) in [5, 5.41) is 2.92. The molecule has 0 unspecified atom stereocenters. The normalized spacial score (nSPS) is 12.9. The summed E-state index contributed by atoms with van der Waals surface area (Å²) in [5.41, 5.74) is 1.22. The van der Waals surface area contributed by atoms with Crippen molar-refractivity contribution in [2.75, 3.05) is 0 Å². The molecule has 150 valence electrons. The maximum atomic E-state index is 14.0. The number of nitrogens with zero attached hydrogens (tertiary/aromatic N) is 1. The molecular weight excluding hydrogens is 423 g/mol. The first-order valence-electron chi connectivity index (χ1n) is 9.39. The van der Waals surface area contributed by atoms with Gasteiger partial charge in [0.25, 0.3) is 0 Å². The first-order valence-corrected chi connectivity index (χ1v) is 10.2. The maximum absolute atomic E-state index is 14.0. The molecule has 2 rings (SSSR count). The van der Waals surface area contributed by atoms with Crippen LogP contribution in [0.25, 0.3) is 0 Å². The van der Waals surface area contributed by atoms with Crippen LogP contribution >= 0.6 is 15.9 Å². The van der Waals surface area contributed by atoms with Gasteiger partial charge in [-0.3, -0.25) is 9.59 Å². The van der Waals surface area contributed by atoms with Gasteiger partial charge in [0.2, 0.25) is 11.8 Å². The van der Waals surface area contributed by atoms with Crippen molar-refractivity contribution < 1.29 is 14.0 Å². The van der Waals surface area contributed by atoms with Crippen LogP contribution in [0.4, 0.5) is 4.39 Å². The summed E-state index contributed by atoms with van der Waals surface area (Å²) in [6.07, 6.45) is 0.707. The van der Waals surface area contributed by atoms with Crippen LogP contribution in [0.2, 0.25) is 0 Å². The third-order valence-corrected chi connectivity index (χ3v) is 5.26. The van der Waals surface area contributed by atoms with E-state index in [-0.39, 0.29) is 30.8 Å². The molecule has 0 radical (unpaired) electrons. The van der Waals surface area contributed by atoms with Crippen molar-refractivity contribution in [1.82, 2.24) is 10.2 Å². The van der Waals surface area contributed by atoms with Crippen molar-refractivity contribution in [1.29, 1.82) is 0 Å². The Morgan fingerprint density at radius 3 is 2.36 bits per heavy atom. The van der Waals surface area contributed by atoms with E-state index in [4.69, 9.17) is 0 Å². The molecule has 2 aromatic carbocycles. The smallest absolute Gasteiger partial charge is 0.242 e. The highest BCUT2D eigenvalue weighted by atomic mass is 79.9. The topological polar surface area (TPSA) is 49.4 Å². The Morgan fingerprint density at radius 1 is 1.11 bits per heavy atom. The molecule has 0 aliphatic carbocycles. The predicted octanol–water partition coefficient (Wildman–Crippen LogP) is 4.46. The van der Waals surface area contributed by atoms with E-state index in [9.17, 15) is 14.0 Å². The molecule has 0 aliphatic rings. The largest absolute Gasteiger partial charge is 0.352 e. The van der Waals surface area contributed by atoms with E-state index in [1.807, 2.05) is 38.1 Å². The minimum Gasteiger partial charge on any atom is -0.352 e. The molecule has 0 fully saturated rings. The zero-order valence-electron chi connectivity index (χ0n) is 16.4. The van der Waals surface area contributed by atoms with E-state index in [1.54, 1.807) is 25.1 Å². The third-order valence-electron chi connectivity index (χ3n) is 4.73. The quantitative estimate of drug-likeness (QED) is 0.647. The van der Waals surface area contributed by atoms with Crippen molar-refractivity contribution >= 4 is 27.7 Å². The van der Waals surface area contributed by atoms with Gasteiger partial charge in [-0.05, 0) is 49.6 Å². The van der Waals surface area contributed by atoms with Crippen LogP contribution in [-0.4, -0.2) is 28.8 Å². The second-order valence-corrected chi connectivity index (χ2v) is 7.83. The average Bonchev–Trinajstić information content (AvgIpc) is 2.68. The van der Waals surface area contributed by atoms with Crippen molar-refractivity contribution in [3.8, 4) is 0 Å². The van der Waals surface area contributed by atoms with E-state index in [0.29, 0.717) is 5.56 Å². The molecule has 1 N–H and O–H groups in total. The summed E-state index contributed by atoms with van der Waals surface area (Å²) in [4.78, 5) is 27.2. The van der Waals surface area contributed by atoms with Gasteiger partial charge in [-0.1, -0.05) is 53.2 Å². The fourth-order valence-corrected chi connectivity index (χ4v) is 3.01. The maximum Gasteiger partial charge on any atom is 0.242 e. The molecule has 0 bridgehead atoms. The fraction of sp³-hybridized carbons (Fsp3) is 0.364. The Balaban J connectivity index is 2.23. The number of carbonyl (C=O) groups excluding carboxylic acids is 2. The minimum atomic E-state index is -0.670. The Morgan fingerprint density at radius 2 is 1.75 bits per heavy atom. The second-order valence-electron chi connectivity index (χ2n) is 6.91. The summed E-state index contributed by atoms with van der Waals surface area (Å²) in [5.74, 6) is -0.927. The van der Waals surface area contributed by atoms with E-state index in [1.165, 1.54) is 11.0 Å². The predicted molar refractivity (Wildman–Crippen MR) is 112 cm³/mol. The number of benzene rings is 2. The highest BCUT2D eigenvalue weighted by Crippen LogP contribution is 2.16. The highest BCUT2D eigenvalue weighted by Gasteiger charge is 2.27. The number of nitrogens with one attached hydrogen (secondary N) is 1. The Hall–Kier alpha value is -2.21. The molecule has 0 saturated carbocycles. The van der Waals surface area contributed by atoms with Gasteiger partial charge in [0.1, 0.15) is 11.9 Å². The van der Waals surface area contributed by atoms with Gasteiger partial charge >= 0.3 is 0 Å². The zero-order chi connectivity index (χ0) is 20.7. The lowest BCUT2D eigenvalue weighted by molar-refractivity contribution is -0.140. The molecule has 4 nitrogen and oxygen atoms in total. The third kappa shape index (κ3) is 6.16. The van der Waals surface area contributed by atoms with Gasteiger partial charge in [0.15, 0.2) is 0 Å². The molecule has 28 heavy (non-hydrogen) atoms. The molecular formula is C22H26BrFN2O2. The fourth-order valence-electron chi connectivity index (χ4n) is 2.74. The summed E-state index contributed by atoms with van der Waals surface area (Å²) < 4.78 is 14.9. The average molecular weight is 449 g/mol. The molecule has 2 aromatic rings. The van der Waals surface area contributed by atoms with E-state index < -0.39 is 11.9 Å². The standard InChI is InChI=1S/C22H26BrFN2O2/c1-4-15(2)25-22(28)16(3)26(14-17-9-11-19(23)12-10-17)21(27)13-18-7-5-6-8-20(18)24/h5-12,15-16H,4,13-14H2,1-3H3,(H,25,28)/t15-,16-/m0/s1. The number of hydrogen-bond donors (Lipinski definition) is 1. The van der Waals surface area contributed by atoms with E-state index >= 15 is 0 Å². The summed E-state index contributed by atoms with van der Waals surface area (Å²) >= 11 is 3.39. The van der Waals surface area contributed by atoms with Crippen molar-refractivity contribution in [2.45, 2.75) is 52.2 Å². The lowest BCUT2D eigenvalue weighted by atomic mass is 10.1. The van der Waals surface area contributed by atoms with E-state index in [2.05, 4.69) is 21.2 Å². The van der Waals surface area contributed by atoms with Crippen molar-refractivity contribution in [3.05, 3.63) is 69.9 Å². The van der Waals surface area contributed by atoms with Gasteiger partial charge in [-0.2, -0.15) is 0 Å². The first kappa shape index (κ1) is 22.1. The Bertz CT molecular complexity index is 810. The lowest BCUT2D eigenvalue weighted by Crippen LogP contribution is -2.49. The summed E-state index contributed by atoms with van der Waals surface area (Å²) in [6.45, 7) is 5.88. The van der Waals surface area contributed by atoms with Gasteiger partial charge in [-0.15, -0.1) is 0 Å². The van der Waals surface area contributed by atoms with Crippen molar-refractivity contribution in [2.24, 2.45) is 0 Å². The Labute approximate surface area is 174 Å². The highest BCUT2D eigenvalue weighted by molar-refractivity contribution is 9.10. The van der Waals surface area contributed by atoms with Crippen LogP contribution in [0, 0.1) is 5.82 Å². The molecule has 6 heteroatoms. The van der Waals surface area contributed by atoms with Crippen LogP contribution in [0.5, 0.6) is 0 Å². The number of carbonyl (C=O) groups is 2.